The first kappa shape index (κ1) is 13.9. The Labute approximate surface area is 95.9 Å². The van der Waals surface area contributed by atoms with Gasteiger partial charge in [0.1, 0.15) is 5.15 Å². The summed E-state index contributed by atoms with van der Waals surface area (Å²) in [5.41, 5.74) is 1.83. The Hall–Kier alpha value is -1.09. The maximum atomic E-state index is 5.73. The van der Waals surface area contributed by atoms with Crippen LogP contribution >= 0.6 is 11.6 Å². The Bertz CT molecular complexity index is 396. The van der Waals surface area contributed by atoms with Crippen molar-refractivity contribution in [2.75, 3.05) is 0 Å². The highest BCUT2D eigenvalue weighted by molar-refractivity contribution is 6.30. The van der Waals surface area contributed by atoms with Crippen LogP contribution in [0.25, 0.3) is 10.9 Å². The lowest BCUT2D eigenvalue weighted by Gasteiger charge is -1.94. The van der Waals surface area contributed by atoms with Crippen LogP contribution in [0.2, 0.25) is 5.15 Å². The average Bonchev–Trinajstić information content (AvgIpc) is 2.72. The van der Waals surface area contributed by atoms with Crippen LogP contribution in [0.1, 0.15) is 33.4 Å². The van der Waals surface area contributed by atoms with Crippen LogP contribution in [-0.2, 0) is 0 Å². The van der Waals surface area contributed by atoms with Crippen LogP contribution < -0.4 is 0 Å². The number of pyridine rings is 1. The molecule has 4 heteroatoms. The third-order valence-corrected chi connectivity index (χ3v) is 1.77. The van der Waals surface area contributed by atoms with Crippen molar-refractivity contribution in [1.82, 2.24) is 15.2 Å². The molecule has 2 aromatic heterocycles. The Morgan fingerprint density at radius 2 is 1.80 bits per heavy atom. The molecule has 0 saturated carbocycles. The van der Waals surface area contributed by atoms with E-state index in [0.29, 0.717) is 5.15 Å². The van der Waals surface area contributed by atoms with E-state index in [2.05, 4.69) is 15.2 Å². The van der Waals surface area contributed by atoms with E-state index < -0.39 is 0 Å². The van der Waals surface area contributed by atoms with E-state index in [1.54, 1.807) is 12.3 Å². The summed E-state index contributed by atoms with van der Waals surface area (Å²) in [6.07, 6.45) is 1.73. The Morgan fingerprint density at radius 3 is 2.40 bits per heavy atom. The number of fused-ring (bicyclic) bond motifs is 1. The lowest BCUT2D eigenvalue weighted by atomic mass is 10.3. The Balaban J connectivity index is 0.000000442. The largest absolute Gasteiger partial charge is 0.276 e. The molecular weight excluding hydrogens is 210 g/mol. The molecule has 3 nitrogen and oxygen atoms in total. The molecular formula is C11H18ClN3. The summed E-state index contributed by atoms with van der Waals surface area (Å²) in [7, 11) is 0. The standard InChI is InChI=1S/C7H6ClN3.2C2H6/c1-4-7-5(3-9-11-7)2-6(8)10-4;2*1-2/h2-3H,1H3,(H,9,11);2*1-2H3. The van der Waals surface area contributed by atoms with Crippen LogP contribution in [0, 0.1) is 6.92 Å². The number of hydrogen-bond donors (Lipinski definition) is 1. The molecule has 0 unspecified atom stereocenters. The van der Waals surface area contributed by atoms with Gasteiger partial charge in [0, 0.05) is 5.39 Å². The third kappa shape index (κ3) is 3.51. The molecule has 0 atom stereocenters. The number of nitrogens with zero attached hydrogens (tertiary/aromatic N) is 2. The van der Waals surface area contributed by atoms with Crippen molar-refractivity contribution in [2.24, 2.45) is 0 Å². The topological polar surface area (TPSA) is 41.6 Å². The van der Waals surface area contributed by atoms with Crippen molar-refractivity contribution in [3.63, 3.8) is 0 Å². The van der Waals surface area contributed by atoms with Gasteiger partial charge < -0.3 is 0 Å². The van der Waals surface area contributed by atoms with Crippen LogP contribution in [0.5, 0.6) is 0 Å². The second-order valence-electron chi connectivity index (χ2n) is 2.36. The predicted molar refractivity (Wildman–Crippen MR) is 66.3 cm³/mol. The average molecular weight is 228 g/mol. The van der Waals surface area contributed by atoms with E-state index in [1.807, 2.05) is 34.6 Å². The van der Waals surface area contributed by atoms with Gasteiger partial charge in [-0.25, -0.2) is 4.98 Å². The van der Waals surface area contributed by atoms with Gasteiger partial charge in [-0.15, -0.1) is 0 Å². The molecule has 0 bridgehead atoms. The summed E-state index contributed by atoms with van der Waals surface area (Å²) in [5, 5.41) is 8.24. The predicted octanol–water partition coefficient (Wildman–Crippen LogP) is 3.97. The molecule has 0 aliphatic rings. The number of aromatic nitrogens is 3. The van der Waals surface area contributed by atoms with Gasteiger partial charge in [0.05, 0.1) is 17.4 Å². The molecule has 0 fully saturated rings. The summed E-state index contributed by atoms with van der Waals surface area (Å²) < 4.78 is 0. The second-order valence-corrected chi connectivity index (χ2v) is 2.75. The SMILES string of the molecule is CC.CC.Cc1nc(Cl)cc2cn[nH]c12. The summed E-state index contributed by atoms with van der Waals surface area (Å²) in [4.78, 5) is 4.07. The molecule has 0 aliphatic carbocycles. The molecule has 0 radical (unpaired) electrons. The number of H-pyrrole nitrogens is 1. The molecule has 0 aliphatic heterocycles. The van der Waals surface area contributed by atoms with Gasteiger partial charge in [-0.05, 0) is 13.0 Å². The van der Waals surface area contributed by atoms with Crippen molar-refractivity contribution in [3.05, 3.63) is 23.1 Å². The maximum Gasteiger partial charge on any atom is 0.130 e. The third-order valence-electron chi connectivity index (χ3n) is 1.58. The number of aromatic amines is 1. The fraction of sp³-hybridized carbons (Fsp3) is 0.455. The minimum Gasteiger partial charge on any atom is -0.276 e. The van der Waals surface area contributed by atoms with E-state index >= 15 is 0 Å². The second kappa shape index (κ2) is 7.23. The first-order valence-electron chi connectivity index (χ1n) is 5.23. The van der Waals surface area contributed by atoms with E-state index in [0.717, 1.165) is 16.6 Å². The number of halogens is 1. The van der Waals surface area contributed by atoms with Crippen molar-refractivity contribution in [1.29, 1.82) is 0 Å². The highest BCUT2D eigenvalue weighted by atomic mass is 35.5. The van der Waals surface area contributed by atoms with Gasteiger partial charge >= 0.3 is 0 Å². The quantitative estimate of drug-likeness (QED) is 0.692. The van der Waals surface area contributed by atoms with E-state index in [4.69, 9.17) is 11.6 Å². The fourth-order valence-electron chi connectivity index (χ4n) is 1.07. The molecule has 2 aromatic rings. The summed E-state index contributed by atoms with van der Waals surface area (Å²) in [5.74, 6) is 0. The van der Waals surface area contributed by atoms with Gasteiger partial charge in [0.2, 0.25) is 0 Å². The maximum absolute atomic E-state index is 5.73. The molecule has 2 rings (SSSR count). The molecule has 2 heterocycles. The minimum atomic E-state index is 0.511. The molecule has 1 N–H and O–H groups in total. The molecule has 84 valence electrons. The lowest BCUT2D eigenvalue weighted by Crippen LogP contribution is -1.83. The zero-order valence-electron chi connectivity index (χ0n) is 9.93. The number of rotatable bonds is 0. The van der Waals surface area contributed by atoms with Crippen LogP contribution in [-0.4, -0.2) is 15.2 Å². The van der Waals surface area contributed by atoms with Crippen LogP contribution in [0.15, 0.2) is 12.3 Å². The first-order valence-corrected chi connectivity index (χ1v) is 5.61. The number of hydrogen-bond acceptors (Lipinski definition) is 2. The summed E-state index contributed by atoms with van der Waals surface area (Å²) in [6.45, 7) is 9.90. The first-order chi connectivity index (χ1) is 7.27. The molecule has 0 saturated heterocycles. The normalized spacial score (nSPS) is 8.67. The molecule has 0 amide bonds. The van der Waals surface area contributed by atoms with Crippen LogP contribution in [0.3, 0.4) is 0 Å². The van der Waals surface area contributed by atoms with Crippen molar-refractivity contribution in [3.8, 4) is 0 Å². The Morgan fingerprint density at radius 1 is 1.20 bits per heavy atom. The monoisotopic (exact) mass is 227 g/mol. The smallest absolute Gasteiger partial charge is 0.130 e. The number of nitrogens with one attached hydrogen (secondary N) is 1. The van der Waals surface area contributed by atoms with Crippen molar-refractivity contribution < 1.29 is 0 Å². The summed E-state index contributed by atoms with van der Waals surface area (Å²) in [6, 6.07) is 1.79. The molecule has 0 aromatic carbocycles. The van der Waals surface area contributed by atoms with Gasteiger partial charge in [-0.3, -0.25) is 5.10 Å². The lowest BCUT2D eigenvalue weighted by molar-refractivity contribution is 1.10. The van der Waals surface area contributed by atoms with Crippen molar-refractivity contribution in [2.45, 2.75) is 34.6 Å². The van der Waals surface area contributed by atoms with Crippen molar-refractivity contribution >= 4 is 22.5 Å². The van der Waals surface area contributed by atoms with E-state index in [9.17, 15) is 0 Å². The zero-order valence-corrected chi connectivity index (χ0v) is 10.7. The van der Waals surface area contributed by atoms with Gasteiger partial charge in [-0.1, -0.05) is 39.3 Å². The highest BCUT2D eigenvalue weighted by Crippen LogP contribution is 2.17. The minimum absolute atomic E-state index is 0.511. The van der Waals surface area contributed by atoms with E-state index in [1.165, 1.54) is 0 Å². The van der Waals surface area contributed by atoms with Gasteiger partial charge in [-0.2, -0.15) is 5.10 Å². The number of aryl methyl sites for hydroxylation is 1. The zero-order chi connectivity index (χ0) is 11.8. The van der Waals surface area contributed by atoms with Crippen LogP contribution in [0.4, 0.5) is 0 Å². The highest BCUT2D eigenvalue weighted by Gasteiger charge is 2.01. The Kier molecular flexibility index (Phi) is 6.71. The van der Waals surface area contributed by atoms with Gasteiger partial charge in [0.25, 0.3) is 0 Å². The molecule has 15 heavy (non-hydrogen) atoms. The van der Waals surface area contributed by atoms with Gasteiger partial charge in [0.15, 0.2) is 0 Å². The summed E-state index contributed by atoms with van der Waals surface area (Å²) >= 11 is 5.73. The molecule has 0 spiro atoms. The fourth-order valence-corrected chi connectivity index (χ4v) is 1.32. The van der Waals surface area contributed by atoms with E-state index in [-0.39, 0.29) is 0 Å².